The van der Waals surface area contributed by atoms with Crippen LogP contribution in [0.15, 0.2) is 30.9 Å². The summed E-state index contributed by atoms with van der Waals surface area (Å²) < 4.78 is 19.0. The van der Waals surface area contributed by atoms with Crippen molar-refractivity contribution < 1.29 is 14.2 Å². The number of rotatable bonds is 7. The van der Waals surface area contributed by atoms with E-state index in [9.17, 15) is 9.50 Å². The second-order valence-electron chi connectivity index (χ2n) is 4.08. The zero-order valence-corrected chi connectivity index (χ0v) is 10.9. The summed E-state index contributed by atoms with van der Waals surface area (Å²) in [4.78, 5) is 1.81. The third-order valence-corrected chi connectivity index (χ3v) is 2.70. The van der Waals surface area contributed by atoms with Gasteiger partial charge in [0, 0.05) is 25.8 Å². The average molecular weight is 253 g/mol. The number of hydrogen-bond acceptors (Lipinski definition) is 3. The third-order valence-electron chi connectivity index (χ3n) is 2.70. The number of aliphatic hydroxyl groups excluding tert-OH is 1. The first-order valence-corrected chi connectivity index (χ1v) is 5.93. The summed E-state index contributed by atoms with van der Waals surface area (Å²) in [5, 5.41) is 9.72. The molecule has 0 amide bonds. The van der Waals surface area contributed by atoms with Crippen molar-refractivity contribution >= 4 is 5.69 Å². The zero-order valence-electron chi connectivity index (χ0n) is 10.9. The van der Waals surface area contributed by atoms with E-state index in [2.05, 4.69) is 6.58 Å². The molecule has 1 aromatic rings. The molecule has 1 atom stereocenters. The van der Waals surface area contributed by atoms with Gasteiger partial charge in [-0.25, -0.2) is 4.39 Å². The van der Waals surface area contributed by atoms with Crippen LogP contribution in [0.25, 0.3) is 0 Å². The molecule has 0 unspecified atom stereocenters. The highest BCUT2D eigenvalue weighted by molar-refractivity contribution is 5.56. The van der Waals surface area contributed by atoms with Gasteiger partial charge in [0.2, 0.25) is 0 Å². The number of benzene rings is 1. The van der Waals surface area contributed by atoms with Gasteiger partial charge >= 0.3 is 0 Å². The molecule has 0 spiro atoms. The lowest BCUT2D eigenvalue weighted by Gasteiger charge is -2.27. The van der Waals surface area contributed by atoms with Crippen LogP contribution in [-0.2, 0) is 4.74 Å². The van der Waals surface area contributed by atoms with Crippen molar-refractivity contribution in [3.05, 3.63) is 42.2 Å². The maximum absolute atomic E-state index is 14.0. The van der Waals surface area contributed by atoms with Crippen LogP contribution < -0.4 is 4.90 Å². The molecule has 3 nitrogen and oxygen atoms in total. The maximum Gasteiger partial charge on any atom is 0.146 e. The molecule has 0 saturated carbocycles. The van der Waals surface area contributed by atoms with Crippen LogP contribution in [0.3, 0.4) is 0 Å². The SMILES string of the molecule is C=CCN(CCOC)c1c(F)cccc1[C@H](C)O. The van der Waals surface area contributed by atoms with Crippen molar-refractivity contribution in [3.8, 4) is 0 Å². The molecule has 0 saturated heterocycles. The topological polar surface area (TPSA) is 32.7 Å². The lowest BCUT2D eigenvalue weighted by Crippen LogP contribution is -2.29. The molecule has 0 heterocycles. The van der Waals surface area contributed by atoms with Crippen molar-refractivity contribution in [2.45, 2.75) is 13.0 Å². The van der Waals surface area contributed by atoms with Gasteiger partial charge in [0.25, 0.3) is 0 Å². The summed E-state index contributed by atoms with van der Waals surface area (Å²) in [5.41, 5.74) is 0.998. The summed E-state index contributed by atoms with van der Waals surface area (Å²) in [6, 6.07) is 4.72. The van der Waals surface area contributed by atoms with Crippen LogP contribution in [0, 0.1) is 5.82 Å². The summed E-state index contributed by atoms with van der Waals surface area (Å²) in [6.45, 7) is 6.83. The summed E-state index contributed by atoms with van der Waals surface area (Å²) in [7, 11) is 1.60. The van der Waals surface area contributed by atoms with Gasteiger partial charge in [0.05, 0.1) is 18.4 Å². The van der Waals surface area contributed by atoms with Gasteiger partial charge in [-0.15, -0.1) is 6.58 Å². The highest BCUT2D eigenvalue weighted by Crippen LogP contribution is 2.29. The Hall–Kier alpha value is -1.39. The van der Waals surface area contributed by atoms with Crippen molar-refractivity contribution in [2.24, 2.45) is 0 Å². The fourth-order valence-corrected chi connectivity index (χ4v) is 1.85. The average Bonchev–Trinajstić information content (AvgIpc) is 2.34. The summed E-state index contributed by atoms with van der Waals surface area (Å²) in [6.07, 6.45) is 0.985. The molecule has 4 heteroatoms. The van der Waals surface area contributed by atoms with Crippen LogP contribution in [0.2, 0.25) is 0 Å². The number of hydrogen-bond donors (Lipinski definition) is 1. The zero-order chi connectivity index (χ0) is 13.5. The van der Waals surface area contributed by atoms with Crippen molar-refractivity contribution in [1.29, 1.82) is 0 Å². The van der Waals surface area contributed by atoms with Crippen molar-refractivity contribution in [2.75, 3.05) is 31.7 Å². The Bertz CT molecular complexity index is 393. The van der Waals surface area contributed by atoms with Crippen LogP contribution in [0.1, 0.15) is 18.6 Å². The van der Waals surface area contributed by atoms with E-state index in [4.69, 9.17) is 4.74 Å². The summed E-state index contributed by atoms with van der Waals surface area (Å²) in [5.74, 6) is -0.341. The molecule has 0 aliphatic heterocycles. The van der Waals surface area contributed by atoms with Gasteiger partial charge in [0.1, 0.15) is 5.82 Å². The molecule has 0 radical (unpaired) electrons. The smallest absolute Gasteiger partial charge is 0.146 e. The Labute approximate surface area is 107 Å². The van der Waals surface area contributed by atoms with Crippen molar-refractivity contribution in [1.82, 2.24) is 0 Å². The Morgan fingerprint density at radius 3 is 2.83 bits per heavy atom. The molecule has 18 heavy (non-hydrogen) atoms. The van der Waals surface area contributed by atoms with Gasteiger partial charge < -0.3 is 14.7 Å². The number of methoxy groups -OCH3 is 1. The number of nitrogens with zero attached hydrogens (tertiary/aromatic N) is 1. The number of halogens is 1. The number of ether oxygens (including phenoxy) is 1. The second-order valence-corrected chi connectivity index (χ2v) is 4.08. The van der Waals surface area contributed by atoms with Crippen LogP contribution in [-0.4, -0.2) is 31.9 Å². The Kier molecular flexibility index (Phi) is 5.82. The van der Waals surface area contributed by atoms with E-state index < -0.39 is 6.10 Å². The van der Waals surface area contributed by atoms with E-state index in [1.54, 1.807) is 32.2 Å². The van der Waals surface area contributed by atoms with Gasteiger partial charge in [0.15, 0.2) is 0 Å². The molecule has 0 bridgehead atoms. The predicted molar refractivity (Wildman–Crippen MR) is 71.3 cm³/mol. The molecular weight excluding hydrogens is 233 g/mol. The van der Waals surface area contributed by atoms with E-state index in [-0.39, 0.29) is 5.82 Å². The van der Waals surface area contributed by atoms with Crippen molar-refractivity contribution in [3.63, 3.8) is 0 Å². The van der Waals surface area contributed by atoms with Gasteiger partial charge in [-0.2, -0.15) is 0 Å². The van der Waals surface area contributed by atoms with E-state index in [1.807, 2.05) is 4.90 Å². The largest absolute Gasteiger partial charge is 0.389 e. The first-order valence-electron chi connectivity index (χ1n) is 5.93. The fourth-order valence-electron chi connectivity index (χ4n) is 1.85. The monoisotopic (exact) mass is 253 g/mol. The number of para-hydroxylation sites is 1. The first-order chi connectivity index (χ1) is 8.61. The molecule has 0 fully saturated rings. The molecule has 1 aromatic carbocycles. The fraction of sp³-hybridized carbons (Fsp3) is 0.429. The minimum Gasteiger partial charge on any atom is -0.389 e. The van der Waals surface area contributed by atoms with E-state index in [0.29, 0.717) is 30.9 Å². The summed E-state index contributed by atoms with van der Waals surface area (Å²) >= 11 is 0. The molecule has 1 N–H and O–H groups in total. The molecule has 0 aromatic heterocycles. The van der Waals surface area contributed by atoms with Gasteiger partial charge in [-0.3, -0.25) is 0 Å². The predicted octanol–water partition coefficient (Wildman–Crippen LogP) is 2.52. The standard InChI is InChI=1S/C14H20FNO2/c1-4-8-16(9-10-18-3)14-12(11(2)17)6-5-7-13(14)15/h4-7,11,17H,1,8-10H2,2-3H3/t11-/m0/s1. The van der Waals surface area contributed by atoms with Crippen LogP contribution >= 0.6 is 0 Å². The maximum atomic E-state index is 14.0. The highest BCUT2D eigenvalue weighted by Gasteiger charge is 2.17. The van der Waals surface area contributed by atoms with E-state index in [0.717, 1.165) is 0 Å². The minimum atomic E-state index is -0.717. The second kappa shape index (κ2) is 7.13. The molecule has 0 aliphatic rings. The van der Waals surface area contributed by atoms with E-state index in [1.165, 1.54) is 6.07 Å². The van der Waals surface area contributed by atoms with Gasteiger partial charge in [-0.05, 0) is 13.0 Å². The Morgan fingerprint density at radius 1 is 1.56 bits per heavy atom. The molecular formula is C14H20FNO2. The first kappa shape index (κ1) is 14.7. The Balaban J connectivity index is 3.12. The van der Waals surface area contributed by atoms with Crippen LogP contribution in [0.4, 0.5) is 10.1 Å². The highest BCUT2D eigenvalue weighted by atomic mass is 19.1. The van der Waals surface area contributed by atoms with Gasteiger partial charge in [-0.1, -0.05) is 18.2 Å². The lowest BCUT2D eigenvalue weighted by molar-refractivity contribution is 0.197. The Morgan fingerprint density at radius 2 is 2.28 bits per heavy atom. The molecule has 1 rings (SSSR count). The van der Waals surface area contributed by atoms with Crippen LogP contribution in [0.5, 0.6) is 0 Å². The normalized spacial score (nSPS) is 12.2. The quantitative estimate of drug-likeness (QED) is 0.758. The third kappa shape index (κ3) is 3.55. The number of anilines is 1. The molecule has 100 valence electrons. The van der Waals surface area contributed by atoms with E-state index >= 15 is 0 Å². The number of aliphatic hydroxyl groups is 1. The lowest BCUT2D eigenvalue weighted by atomic mass is 10.1. The minimum absolute atomic E-state index is 0.341. The molecule has 0 aliphatic carbocycles.